The zero-order valence-corrected chi connectivity index (χ0v) is 10.5. The first-order chi connectivity index (χ1) is 9.60. The van der Waals surface area contributed by atoms with Crippen molar-refractivity contribution < 1.29 is 19.4 Å². The molecule has 0 unspecified atom stereocenters. The van der Waals surface area contributed by atoms with Crippen LogP contribution in [0.3, 0.4) is 0 Å². The Balaban J connectivity index is 2.17. The number of hydrogen-bond acceptors (Lipinski definition) is 6. The van der Waals surface area contributed by atoms with Gasteiger partial charge in [-0.25, -0.2) is 19.6 Å². The van der Waals surface area contributed by atoms with Crippen LogP contribution in [0.5, 0.6) is 0 Å². The molecule has 0 fully saturated rings. The number of carbonyl (C=O) groups excluding carboxylic acids is 1. The molecule has 0 spiro atoms. The molecule has 7 heteroatoms. The molecule has 0 radical (unpaired) electrons. The maximum atomic E-state index is 11.4. The number of benzene rings is 1. The molecular formula is C13H11N3O4. The van der Waals surface area contributed by atoms with Crippen LogP contribution in [0.25, 0.3) is 0 Å². The Bertz CT molecular complexity index is 640. The third kappa shape index (κ3) is 3.08. The van der Waals surface area contributed by atoms with E-state index in [4.69, 9.17) is 5.11 Å². The highest BCUT2D eigenvalue weighted by molar-refractivity contribution is 5.90. The fraction of sp³-hybridized carbons (Fsp3) is 0.0769. The summed E-state index contributed by atoms with van der Waals surface area (Å²) < 4.78 is 4.62. The number of aromatic carboxylic acids is 1. The normalized spacial score (nSPS) is 9.85. The van der Waals surface area contributed by atoms with E-state index >= 15 is 0 Å². The molecule has 0 atom stereocenters. The van der Waals surface area contributed by atoms with Crippen LogP contribution in [0, 0.1) is 0 Å². The summed E-state index contributed by atoms with van der Waals surface area (Å²) >= 11 is 0. The van der Waals surface area contributed by atoms with Gasteiger partial charge >= 0.3 is 11.9 Å². The SMILES string of the molecule is COC(=O)c1cccc(Nc2ncc(C(=O)O)cn2)c1. The van der Waals surface area contributed by atoms with Crippen LogP contribution >= 0.6 is 0 Å². The highest BCUT2D eigenvalue weighted by Gasteiger charge is 2.07. The molecule has 0 amide bonds. The first-order valence-corrected chi connectivity index (χ1v) is 5.61. The van der Waals surface area contributed by atoms with Crippen molar-refractivity contribution in [3.05, 3.63) is 47.8 Å². The molecule has 20 heavy (non-hydrogen) atoms. The lowest BCUT2D eigenvalue weighted by Crippen LogP contribution is -2.04. The lowest BCUT2D eigenvalue weighted by molar-refractivity contribution is 0.0600. The molecule has 0 aliphatic carbocycles. The monoisotopic (exact) mass is 273 g/mol. The number of carboxylic acid groups (broad SMARTS) is 1. The van der Waals surface area contributed by atoms with Crippen LogP contribution in [0.15, 0.2) is 36.7 Å². The minimum Gasteiger partial charge on any atom is -0.478 e. The van der Waals surface area contributed by atoms with Crippen LogP contribution < -0.4 is 5.32 Å². The molecule has 0 bridgehead atoms. The second kappa shape index (κ2) is 5.79. The first-order valence-electron chi connectivity index (χ1n) is 5.61. The predicted octanol–water partition coefficient (Wildman–Crippen LogP) is 1.70. The number of hydrogen-bond donors (Lipinski definition) is 2. The molecule has 0 aliphatic heterocycles. The van der Waals surface area contributed by atoms with Gasteiger partial charge in [-0.15, -0.1) is 0 Å². The fourth-order valence-electron chi connectivity index (χ4n) is 1.47. The third-order valence-electron chi connectivity index (χ3n) is 2.44. The Labute approximate surface area is 114 Å². The molecule has 0 aliphatic rings. The Hall–Kier alpha value is -2.96. The zero-order chi connectivity index (χ0) is 14.5. The lowest BCUT2D eigenvalue weighted by atomic mass is 10.2. The van der Waals surface area contributed by atoms with Gasteiger partial charge in [0.05, 0.1) is 18.2 Å². The standard InChI is InChI=1S/C13H11N3O4/c1-20-12(19)8-3-2-4-10(5-8)16-13-14-6-9(7-15-13)11(17)18/h2-7H,1H3,(H,17,18)(H,14,15,16). The smallest absolute Gasteiger partial charge is 0.338 e. The van der Waals surface area contributed by atoms with Crippen molar-refractivity contribution in [1.29, 1.82) is 0 Å². The zero-order valence-electron chi connectivity index (χ0n) is 10.5. The predicted molar refractivity (Wildman–Crippen MR) is 70.1 cm³/mol. The Morgan fingerprint density at radius 3 is 2.50 bits per heavy atom. The molecule has 102 valence electrons. The third-order valence-corrected chi connectivity index (χ3v) is 2.44. The average molecular weight is 273 g/mol. The van der Waals surface area contributed by atoms with Gasteiger partial charge in [-0.3, -0.25) is 0 Å². The first kappa shape index (κ1) is 13.5. The highest BCUT2D eigenvalue weighted by Crippen LogP contribution is 2.15. The Morgan fingerprint density at radius 1 is 1.20 bits per heavy atom. The topological polar surface area (TPSA) is 101 Å². The largest absolute Gasteiger partial charge is 0.478 e. The van der Waals surface area contributed by atoms with Crippen LogP contribution in [0.2, 0.25) is 0 Å². The van der Waals surface area contributed by atoms with E-state index in [1.807, 2.05) is 0 Å². The van der Waals surface area contributed by atoms with Crippen LogP contribution in [0.1, 0.15) is 20.7 Å². The molecule has 1 aromatic heterocycles. The lowest BCUT2D eigenvalue weighted by Gasteiger charge is -2.06. The van der Waals surface area contributed by atoms with Gasteiger partial charge in [0.25, 0.3) is 0 Å². The van der Waals surface area contributed by atoms with E-state index in [-0.39, 0.29) is 11.5 Å². The summed E-state index contributed by atoms with van der Waals surface area (Å²) in [4.78, 5) is 29.8. The molecule has 7 nitrogen and oxygen atoms in total. The number of esters is 1. The van der Waals surface area contributed by atoms with Crippen LogP contribution in [0.4, 0.5) is 11.6 Å². The van der Waals surface area contributed by atoms with Crippen molar-refractivity contribution in [3.63, 3.8) is 0 Å². The van der Waals surface area contributed by atoms with E-state index in [2.05, 4.69) is 20.0 Å². The van der Waals surface area contributed by atoms with E-state index in [0.29, 0.717) is 11.3 Å². The molecule has 1 heterocycles. The maximum absolute atomic E-state index is 11.4. The van der Waals surface area contributed by atoms with Gasteiger partial charge in [0.2, 0.25) is 5.95 Å². The van der Waals surface area contributed by atoms with Crippen LogP contribution in [-0.4, -0.2) is 34.1 Å². The number of ether oxygens (including phenoxy) is 1. The number of carbonyl (C=O) groups is 2. The van der Waals surface area contributed by atoms with E-state index in [9.17, 15) is 9.59 Å². The Morgan fingerprint density at radius 2 is 1.90 bits per heavy atom. The number of aromatic nitrogens is 2. The number of rotatable bonds is 4. The molecule has 0 saturated heterocycles. The summed E-state index contributed by atoms with van der Waals surface area (Å²) in [5, 5.41) is 11.6. The average Bonchev–Trinajstić information content (AvgIpc) is 2.47. The number of carboxylic acids is 1. The van der Waals surface area contributed by atoms with E-state index < -0.39 is 11.9 Å². The Kier molecular flexibility index (Phi) is 3.90. The van der Waals surface area contributed by atoms with Gasteiger partial charge in [-0.2, -0.15) is 0 Å². The molecule has 2 rings (SSSR count). The van der Waals surface area contributed by atoms with Crippen molar-refractivity contribution >= 4 is 23.6 Å². The molecule has 1 aromatic carbocycles. The number of nitrogens with one attached hydrogen (secondary N) is 1. The van der Waals surface area contributed by atoms with Crippen molar-refractivity contribution in [2.45, 2.75) is 0 Å². The quantitative estimate of drug-likeness (QED) is 0.817. The number of nitrogens with zero attached hydrogens (tertiary/aromatic N) is 2. The van der Waals surface area contributed by atoms with Crippen LogP contribution in [-0.2, 0) is 4.74 Å². The van der Waals surface area contributed by atoms with Crippen molar-refractivity contribution in [2.75, 3.05) is 12.4 Å². The summed E-state index contributed by atoms with van der Waals surface area (Å²) in [5.74, 6) is -1.31. The van der Waals surface area contributed by atoms with E-state index in [1.54, 1.807) is 24.3 Å². The van der Waals surface area contributed by atoms with Gasteiger partial charge in [0.1, 0.15) is 0 Å². The van der Waals surface area contributed by atoms with Gasteiger partial charge in [-0.05, 0) is 18.2 Å². The second-order valence-electron chi connectivity index (χ2n) is 3.80. The fourth-order valence-corrected chi connectivity index (χ4v) is 1.47. The number of anilines is 2. The maximum Gasteiger partial charge on any atom is 0.338 e. The number of methoxy groups -OCH3 is 1. The molecule has 2 aromatic rings. The minimum absolute atomic E-state index is 0.00105. The minimum atomic E-state index is -1.09. The van der Waals surface area contributed by atoms with E-state index in [1.165, 1.54) is 19.5 Å². The molecule has 0 saturated carbocycles. The summed E-state index contributed by atoms with van der Waals surface area (Å²) in [6.07, 6.45) is 2.39. The summed E-state index contributed by atoms with van der Waals surface area (Å²) in [7, 11) is 1.30. The van der Waals surface area contributed by atoms with Gasteiger partial charge in [0.15, 0.2) is 0 Å². The van der Waals surface area contributed by atoms with Gasteiger partial charge in [-0.1, -0.05) is 6.07 Å². The summed E-state index contributed by atoms with van der Waals surface area (Å²) in [5.41, 5.74) is 0.981. The summed E-state index contributed by atoms with van der Waals surface area (Å²) in [6.45, 7) is 0. The van der Waals surface area contributed by atoms with E-state index in [0.717, 1.165) is 0 Å². The van der Waals surface area contributed by atoms with Crippen molar-refractivity contribution in [3.8, 4) is 0 Å². The molecular weight excluding hydrogens is 262 g/mol. The second-order valence-corrected chi connectivity index (χ2v) is 3.80. The highest BCUT2D eigenvalue weighted by atomic mass is 16.5. The van der Waals surface area contributed by atoms with Crippen molar-refractivity contribution in [2.24, 2.45) is 0 Å². The van der Waals surface area contributed by atoms with Gasteiger partial charge < -0.3 is 15.2 Å². The summed E-state index contributed by atoms with van der Waals surface area (Å²) in [6, 6.07) is 6.60. The molecule has 2 N–H and O–H groups in total. The van der Waals surface area contributed by atoms with Crippen molar-refractivity contribution in [1.82, 2.24) is 9.97 Å². The van der Waals surface area contributed by atoms with Gasteiger partial charge in [0, 0.05) is 18.1 Å².